The van der Waals surface area contributed by atoms with Crippen LogP contribution in [0.15, 0.2) is 4.52 Å². The monoisotopic (exact) mass is 372 g/mol. The fourth-order valence-electron chi connectivity index (χ4n) is 3.36. The van der Waals surface area contributed by atoms with E-state index in [0.29, 0.717) is 19.0 Å². The summed E-state index contributed by atoms with van der Waals surface area (Å²) in [7, 11) is 3.85. The number of fused-ring (bicyclic) bond motifs is 1. The van der Waals surface area contributed by atoms with Crippen molar-refractivity contribution in [2.75, 3.05) is 37.4 Å². The molecule has 27 heavy (non-hydrogen) atoms. The van der Waals surface area contributed by atoms with E-state index in [1.165, 1.54) is 5.56 Å². The average Bonchev–Trinajstić information content (AvgIpc) is 2.95. The highest BCUT2D eigenvalue weighted by molar-refractivity contribution is 5.73. The van der Waals surface area contributed by atoms with E-state index in [4.69, 9.17) is 9.51 Å². The van der Waals surface area contributed by atoms with Gasteiger partial charge >= 0.3 is 0 Å². The summed E-state index contributed by atoms with van der Waals surface area (Å²) in [4.78, 5) is 24.8. The van der Waals surface area contributed by atoms with E-state index < -0.39 is 0 Å². The van der Waals surface area contributed by atoms with Crippen LogP contribution in [0.5, 0.6) is 0 Å². The molecule has 2 aromatic rings. The van der Waals surface area contributed by atoms with Crippen molar-refractivity contribution in [1.82, 2.24) is 20.0 Å². The molecule has 0 bridgehead atoms. The summed E-state index contributed by atoms with van der Waals surface area (Å²) in [6.45, 7) is 7.59. The Hall–Kier alpha value is -2.64. The van der Waals surface area contributed by atoms with Gasteiger partial charge < -0.3 is 19.6 Å². The number of hydrogen-bond acceptors (Lipinski definition) is 7. The summed E-state index contributed by atoms with van der Waals surface area (Å²) in [6.07, 6.45) is 2.65. The smallest absolute Gasteiger partial charge is 0.227 e. The third-order valence-corrected chi connectivity index (χ3v) is 4.98. The minimum Gasteiger partial charge on any atom is -0.370 e. The number of amides is 1. The third kappa shape index (κ3) is 4.20. The minimum atomic E-state index is 0.0830. The zero-order valence-electron chi connectivity index (χ0n) is 16.8. The molecule has 3 heterocycles. The van der Waals surface area contributed by atoms with E-state index in [2.05, 4.69) is 15.5 Å². The van der Waals surface area contributed by atoms with Crippen molar-refractivity contribution in [3.05, 3.63) is 28.3 Å². The maximum atomic E-state index is 11.7. The Morgan fingerprint density at radius 3 is 2.70 bits per heavy atom. The molecule has 0 fully saturated rings. The Bertz CT molecular complexity index is 810. The summed E-state index contributed by atoms with van der Waals surface area (Å²) >= 11 is 0. The lowest BCUT2D eigenvalue weighted by molar-refractivity contribution is -0.129. The van der Waals surface area contributed by atoms with Gasteiger partial charge in [0.15, 0.2) is 0 Å². The number of carbonyl (C=O) groups is 1. The van der Waals surface area contributed by atoms with Crippen LogP contribution < -0.4 is 10.2 Å². The summed E-state index contributed by atoms with van der Waals surface area (Å²) < 4.78 is 5.23. The molecule has 3 rings (SSSR count). The second kappa shape index (κ2) is 7.94. The third-order valence-electron chi connectivity index (χ3n) is 4.98. The molecule has 1 amide bonds. The van der Waals surface area contributed by atoms with Gasteiger partial charge in [-0.1, -0.05) is 5.16 Å². The summed E-state index contributed by atoms with van der Waals surface area (Å²) in [5.41, 5.74) is 4.21. The molecule has 8 nitrogen and oxygen atoms in total. The predicted octanol–water partition coefficient (Wildman–Crippen LogP) is 2.10. The number of carbonyl (C=O) groups excluding carboxylic acids is 1. The van der Waals surface area contributed by atoms with Crippen molar-refractivity contribution >= 4 is 17.7 Å². The number of aryl methyl sites for hydroxylation is 2. The molecule has 1 N–H and O–H groups in total. The standard InChI is InChI=1S/C19H28N6O2/c1-12-15(13(2)27-23-12)7-6-9-20-18-16-8-10-25(14(3)26)11-17(16)21-19(22-18)24(4)5/h6-11H2,1-5H3,(H,20,21,22). The molecule has 2 aromatic heterocycles. The van der Waals surface area contributed by atoms with Crippen LogP contribution >= 0.6 is 0 Å². The van der Waals surface area contributed by atoms with Crippen molar-refractivity contribution in [2.45, 2.75) is 46.6 Å². The first-order chi connectivity index (χ1) is 12.9. The van der Waals surface area contributed by atoms with Crippen molar-refractivity contribution in [1.29, 1.82) is 0 Å². The van der Waals surface area contributed by atoms with Crippen LogP contribution in [0.1, 0.15) is 41.6 Å². The first kappa shape index (κ1) is 19.1. The molecule has 0 unspecified atom stereocenters. The zero-order chi connectivity index (χ0) is 19.6. The average molecular weight is 372 g/mol. The van der Waals surface area contributed by atoms with E-state index in [9.17, 15) is 4.79 Å². The van der Waals surface area contributed by atoms with Crippen LogP contribution in [0.4, 0.5) is 11.8 Å². The Morgan fingerprint density at radius 2 is 2.07 bits per heavy atom. The molecule has 0 spiro atoms. The summed E-state index contributed by atoms with van der Waals surface area (Å²) in [5.74, 6) is 2.52. The Kier molecular flexibility index (Phi) is 5.62. The highest BCUT2D eigenvalue weighted by Crippen LogP contribution is 2.26. The number of nitrogens with zero attached hydrogens (tertiary/aromatic N) is 5. The van der Waals surface area contributed by atoms with Gasteiger partial charge in [-0.15, -0.1) is 0 Å². The maximum Gasteiger partial charge on any atom is 0.227 e. The number of hydrogen-bond donors (Lipinski definition) is 1. The Balaban J connectivity index is 1.72. The lowest BCUT2D eigenvalue weighted by Gasteiger charge is -2.29. The van der Waals surface area contributed by atoms with Gasteiger partial charge in [-0.2, -0.15) is 4.98 Å². The van der Waals surface area contributed by atoms with Crippen molar-refractivity contribution in [3.63, 3.8) is 0 Å². The SMILES string of the molecule is CC(=O)N1CCc2c(nc(N(C)C)nc2NCCCc2c(C)noc2C)C1. The molecular formula is C19H28N6O2. The van der Waals surface area contributed by atoms with Crippen LogP contribution in [-0.4, -0.2) is 53.1 Å². The summed E-state index contributed by atoms with van der Waals surface area (Å²) in [6, 6.07) is 0. The molecule has 146 valence electrons. The van der Waals surface area contributed by atoms with Gasteiger partial charge in [0.1, 0.15) is 11.6 Å². The zero-order valence-corrected chi connectivity index (χ0v) is 16.8. The number of nitrogens with one attached hydrogen (secondary N) is 1. The number of aromatic nitrogens is 3. The van der Waals surface area contributed by atoms with E-state index in [1.54, 1.807) is 6.92 Å². The molecule has 0 aromatic carbocycles. The highest BCUT2D eigenvalue weighted by Gasteiger charge is 2.24. The first-order valence-corrected chi connectivity index (χ1v) is 9.35. The van der Waals surface area contributed by atoms with Crippen LogP contribution in [-0.2, 0) is 24.2 Å². The van der Waals surface area contributed by atoms with E-state index in [1.807, 2.05) is 37.7 Å². The van der Waals surface area contributed by atoms with Crippen LogP contribution in [0.2, 0.25) is 0 Å². The topological polar surface area (TPSA) is 87.4 Å². The summed E-state index contributed by atoms with van der Waals surface area (Å²) in [5, 5.41) is 7.49. The van der Waals surface area contributed by atoms with E-state index >= 15 is 0 Å². The molecular weight excluding hydrogens is 344 g/mol. The first-order valence-electron chi connectivity index (χ1n) is 9.35. The normalized spacial score (nSPS) is 13.4. The maximum absolute atomic E-state index is 11.7. The lowest BCUT2D eigenvalue weighted by Crippen LogP contribution is -2.36. The van der Waals surface area contributed by atoms with E-state index in [0.717, 1.165) is 54.3 Å². The number of rotatable bonds is 6. The molecule has 1 aliphatic heterocycles. The van der Waals surface area contributed by atoms with Crippen LogP contribution in [0.25, 0.3) is 0 Å². The van der Waals surface area contributed by atoms with Crippen LogP contribution in [0, 0.1) is 13.8 Å². The molecule has 1 aliphatic rings. The van der Waals surface area contributed by atoms with Gasteiger partial charge in [-0.05, 0) is 33.1 Å². The van der Waals surface area contributed by atoms with Crippen LogP contribution in [0.3, 0.4) is 0 Å². The van der Waals surface area contributed by atoms with E-state index in [-0.39, 0.29) is 5.91 Å². The Morgan fingerprint density at radius 1 is 1.30 bits per heavy atom. The predicted molar refractivity (Wildman–Crippen MR) is 104 cm³/mol. The second-order valence-electron chi connectivity index (χ2n) is 7.22. The van der Waals surface area contributed by atoms with Crippen molar-refractivity contribution in [2.24, 2.45) is 0 Å². The molecule has 0 radical (unpaired) electrons. The van der Waals surface area contributed by atoms with Gasteiger partial charge in [0.25, 0.3) is 0 Å². The molecule has 0 saturated heterocycles. The molecule has 8 heteroatoms. The second-order valence-corrected chi connectivity index (χ2v) is 7.22. The Labute approximate surface area is 159 Å². The van der Waals surface area contributed by atoms with Gasteiger partial charge in [0, 0.05) is 45.2 Å². The lowest BCUT2D eigenvalue weighted by atomic mass is 10.0. The van der Waals surface area contributed by atoms with Gasteiger partial charge in [-0.25, -0.2) is 4.98 Å². The fraction of sp³-hybridized carbons (Fsp3) is 0.579. The number of anilines is 2. The molecule has 0 atom stereocenters. The fourth-order valence-corrected chi connectivity index (χ4v) is 3.36. The quantitative estimate of drug-likeness (QED) is 0.777. The highest BCUT2D eigenvalue weighted by atomic mass is 16.5. The van der Waals surface area contributed by atoms with Gasteiger partial charge in [0.2, 0.25) is 11.9 Å². The molecule has 0 aliphatic carbocycles. The van der Waals surface area contributed by atoms with Crippen molar-refractivity contribution < 1.29 is 9.32 Å². The largest absolute Gasteiger partial charge is 0.370 e. The van der Waals surface area contributed by atoms with Gasteiger partial charge in [-0.3, -0.25) is 4.79 Å². The minimum absolute atomic E-state index is 0.0830. The molecule has 0 saturated carbocycles. The van der Waals surface area contributed by atoms with Gasteiger partial charge in [0.05, 0.1) is 17.9 Å². The van der Waals surface area contributed by atoms with Crippen molar-refractivity contribution in [3.8, 4) is 0 Å².